The van der Waals surface area contributed by atoms with E-state index in [2.05, 4.69) is 23.9 Å². The molecule has 3 atom stereocenters. The third-order valence-electron chi connectivity index (χ3n) is 5.54. The lowest BCUT2D eigenvalue weighted by molar-refractivity contribution is -0.887. The van der Waals surface area contributed by atoms with Crippen LogP contribution in [0.25, 0.3) is 0 Å². The molecular weight excluding hydrogens is 490 g/mol. The van der Waals surface area contributed by atoms with Gasteiger partial charge in [0.05, 0.1) is 33.7 Å². The van der Waals surface area contributed by atoms with Gasteiger partial charge in [0.1, 0.15) is 12.3 Å². The second kappa shape index (κ2) is 13.1. The van der Waals surface area contributed by atoms with E-state index in [0.29, 0.717) is 0 Å². The highest BCUT2D eigenvalue weighted by Gasteiger charge is 2.41. The van der Waals surface area contributed by atoms with E-state index in [1.165, 1.54) is 11.9 Å². The minimum atomic E-state index is -1.57. The van der Waals surface area contributed by atoms with Gasteiger partial charge in [-0.15, -0.1) is 0 Å². The number of hydrogen-bond donors (Lipinski definition) is 5. The number of hydrogen-bond acceptors (Lipinski definition) is 9. The maximum atomic E-state index is 12.9. The highest BCUT2D eigenvalue weighted by molar-refractivity contribution is 6.00. The minimum Gasteiger partial charge on any atom is -0.477 e. The predicted octanol–water partition coefficient (Wildman–Crippen LogP) is -1.44. The summed E-state index contributed by atoms with van der Waals surface area (Å²) < 4.78 is 10.9. The number of quaternary nitrogens is 1. The van der Waals surface area contributed by atoms with Gasteiger partial charge in [-0.25, -0.2) is 9.59 Å². The van der Waals surface area contributed by atoms with E-state index in [0.717, 1.165) is 12.2 Å². The standard InChI is InChI=1S/C23H35N5O9/c1-7-18(29)26-27-8-9-36-13-23(27,3)37-22(35)15(12-24)11-16(20(31)32)25-19(30)14(2)10-17(21(33)34)28(4,5)6/h7,11,15,17H,1-2,8-10,12-13,24H2,3-6H3,(H3-,25,26,29,30,31,32,33,34)/p+1. The van der Waals surface area contributed by atoms with Crippen molar-refractivity contribution in [1.82, 2.24) is 15.8 Å². The summed E-state index contributed by atoms with van der Waals surface area (Å²) in [6.45, 7) is 8.41. The van der Waals surface area contributed by atoms with E-state index < -0.39 is 53.1 Å². The number of rotatable bonds is 13. The van der Waals surface area contributed by atoms with Crippen LogP contribution in [0.2, 0.25) is 0 Å². The Morgan fingerprint density at radius 3 is 2.35 bits per heavy atom. The molecule has 14 nitrogen and oxygen atoms in total. The number of nitrogens with two attached hydrogens (primary N) is 1. The monoisotopic (exact) mass is 526 g/mol. The molecule has 0 radical (unpaired) electrons. The van der Waals surface area contributed by atoms with Crippen molar-refractivity contribution in [3.05, 3.63) is 36.6 Å². The molecule has 0 bridgehead atoms. The van der Waals surface area contributed by atoms with Crippen LogP contribution in [0.5, 0.6) is 0 Å². The topological polar surface area (TPSA) is 198 Å². The Balaban J connectivity index is 3.06. The molecule has 1 fully saturated rings. The molecule has 2 amide bonds. The van der Waals surface area contributed by atoms with Crippen LogP contribution < -0.4 is 16.5 Å². The molecule has 1 heterocycles. The fraction of sp³-hybridized carbons (Fsp3) is 0.522. The molecule has 0 aromatic carbocycles. The fourth-order valence-electron chi connectivity index (χ4n) is 3.29. The number of ether oxygens (including phenoxy) is 2. The lowest BCUT2D eigenvalue weighted by Crippen LogP contribution is -2.63. The molecular formula is C23H36N5O9+. The van der Waals surface area contributed by atoms with Crippen LogP contribution in [0, 0.1) is 5.92 Å². The number of aliphatic carboxylic acids is 2. The first-order valence-electron chi connectivity index (χ1n) is 11.2. The van der Waals surface area contributed by atoms with Crippen LogP contribution in [-0.2, 0) is 33.4 Å². The van der Waals surface area contributed by atoms with Gasteiger partial charge in [-0.05, 0) is 19.1 Å². The van der Waals surface area contributed by atoms with Gasteiger partial charge in [-0.1, -0.05) is 13.2 Å². The smallest absolute Gasteiger partial charge is 0.362 e. The van der Waals surface area contributed by atoms with E-state index >= 15 is 0 Å². The van der Waals surface area contributed by atoms with Gasteiger partial charge in [0.2, 0.25) is 5.72 Å². The number of carbonyl (C=O) groups excluding carboxylic acids is 3. The maximum absolute atomic E-state index is 12.9. The molecule has 3 unspecified atom stereocenters. The van der Waals surface area contributed by atoms with Gasteiger partial charge >= 0.3 is 17.9 Å². The molecule has 1 aliphatic heterocycles. The van der Waals surface area contributed by atoms with Crippen LogP contribution in [0.15, 0.2) is 36.6 Å². The number of nitrogens with zero attached hydrogens (tertiary/aromatic N) is 2. The predicted molar refractivity (Wildman–Crippen MR) is 130 cm³/mol. The number of esters is 1. The highest BCUT2D eigenvalue weighted by Crippen LogP contribution is 2.22. The summed E-state index contributed by atoms with van der Waals surface area (Å²) in [4.78, 5) is 60.6. The van der Waals surface area contributed by atoms with E-state index in [9.17, 15) is 34.2 Å². The SMILES string of the molecule is C=CC(=O)NN1CCOCC1(C)OC(=O)C(C=C(NC(=O)C(=C)CC(C(=O)O)[N+](C)(C)C)C(=O)O)CN. The summed E-state index contributed by atoms with van der Waals surface area (Å²) >= 11 is 0. The van der Waals surface area contributed by atoms with Crippen molar-refractivity contribution < 1.29 is 48.1 Å². The molecule has 0 aliphatic carbocycles. The van der Waals surface area contributed by atoms with Gasteiger partial charge in [-0.2, -0.15) is 5.01 Å². The van der Waals surface area contributed by atoms with E-state index in [-0.39, 0.29) is 42.8 Å². The zero-order valence-electron chi connectivity index (χ0n) is 21.5. The van der Waals surface area contributed by atoms with Gasteiger partial charge in [0.15, 0.2) is 6.04 Å². The van der Waals surface area contributed by atoms with Crippen molar-refractivity contribution in [2.24, 2.45) is 11.7 Å². The Morgan fingerprint density at radius 1 is 1.24 bits per heavy atom. The molecule has 206 valence electrons. The van der Waals surface area contributed by atoms with Gasteiger partial charge in [0.25, 0.3) is 11.8 Å². The van der Waals surface area contributed by atoms with Gasteiger partial charge in [0, 0.05) is 25.1 Å². The number of carbonyl (C=O) groups is 5. The van der Waals surface area contributed by atoms with Gasteiger partial charge in [-0.3, -0.25) is 19.8 Å². The van der Waals surface area contributed by atoms with Crippen molar-refractivity contribution in [3.63, 3.8) is 0 Å². The third kappa shape index (κ3) is 9.09. The molecule has 0 saturated carbocycles. The molecule has 0 aromatic rings. The number of carboxylic acid groups (broad SMARTS) is 2. The average Bonchev–Trinajstić information content (AvgIpc) is 2.79. The van der Waals surface area contributed by atoms with Crippen molar-refractivity contribution >= 4 is 29.7 Å². The number of nitrogens with one attached hydrogen (secondary N) is 2. The number of hydrazine groups is 1. The molecule has 1 aliphatic rings. The Hall–Kier alpha value is -3.59. The van der Waals surface area contributed by atoms with Crippen LogP contribution in [-0.4, -0.2) is 109 Å². The number of carboxylic acids is 2. The van der Waals surface area contributed by atoms with Crippen molar-refractivity contribution in [3.8, 4) is 0 Å². The molecule has 14 heteroatoms. The average molecular weight is 527 g/mol. The second-order valence-corrected chi connectivity index (χ2v) is 9.44. The first-order valence-corrected chi connectivity index (χ1v) is 11.2. The largest absolute Gasteiger partial charge is 0.477 e. The van der Waals surface area contributed by atoms with E-state index in [1.807, 2.05) is 0 Å². The highest BCUT2D eigenvalue weighted by atomic mass is 16.6. The van der Waals surface area contributed by atoms with Crippen molar-refractivity contribution in [1.29, 1.82) is 0 Å². The van der Waals surface area contributed by atoms with Crippen LogP contribution in [0.1, 0.15) is 13.3 Å². The normalized spacial score (nSPS) is 20.2. The number of amides is 2. The first kappa shape index (κ1) is 31.4. The van der Waals surface area contributed by atoms with Gasteiger partial charge < -0.3 is 35.2 Å². The molecule has 6 N–H and O–H groups in total. The van der Waals surface area contributed by atoms with Crippen molar-refractivity contribution in [2.45, 2.75) is 25.1 Å². The molecule has 0 aromatic heterocycles. The first-order chi connectivity index (χ1) is 17.0. The van der Waals surface area contributed by atoms with Crippen LogP contribution in [0.4, 0.5) is 0 Å². The Bertz CT molecular complexity index is 972. The van der Waals surface area contributed by atoms with E-state index in [1.54, 1.807) is 21.1 Å². The summed E-state index contributed by atoms with van der Waals surface area (Å²) in [5, 5.41) is 22.5. The minimum absolute atomic E-state index is 0.00287. The summed E-state index contributed by atoms with van der Waals surface area (Å²) in [7, 11) is 4.89. The molecule has 0 spiro atoms. The lowest BCUT2D eigenvalue weighted by Gasteiger charge is -2.43. The number of likely N-dealkylation sites (N-methyl/N-ethyl adjacent to an activating group) is 1. The van der Waals surface area contributed by atoms with Crippen molar-refractivity contribution in [2.75, 3.05) is 47.4 Å². The van der Waals surface area contributed by atoms with Crippen LogP contribution >= 0.6 is 0 Å². The summed E-state index contributed by atoms with van der Waals surface area (Å²) in [6.07, 6.45) is 1.71. The third-order valence-corrected chi connectivity index (χ3v) is 5.54. The fourth-order valence-corrected chi connectivity index (χ4v) is 3.29. The Kier molecular flexibility index (Phi) is 11.1. The quantitative estimate of drug-likeness (QED) is 0.107. The molecule has 1 rings (SSSR count). The Morgan fingerprint density at radius 2 is 1.86 bits per heavy atom. The maximum Gasteiger partial charge on any atom is 0.362 e. The zero-order valence-corrected chi connectivity index (χ0v) is 21.5. The lowest BCUT2D eigenvalue weighted by atomic mass is 10.0. The summed E-state index contributed by atoms with van der Waals surface area (Å²) in [5.74, 6) is -6.42. The Labute approximate surface area is 214 Å². The summed E-state index contributed by atoms with van der Waals surface area (Å²) in [6, 6.07) is -1.01. The second-order valence-electron chi connectivity index (χ2n) is 9.44. The zero-order chi connectivity index (χ0) is 28.6. The van der Waals surface area contributed by atoms with Crippen LogP contribution in [0.3, 0.4) is 0 Å². The molecule has 37 heavy (non-hydrogen) atoms. The number of morpholine rings is 1. The molecule has 1 saturated heterocycles. The van der Waals surface area contributed by atoms with E-state index in [4.69, 9.17) is 15.2 Å². The summed E-state index contributed by atoms with van der Waals surface area (Å²) in [5.41, 5.74) is 5.93.